The molecule has 0 aliphatic rings. The van der Waals surface area contributed by atoms with Gasteiger partial charge in [0, 0.05) is 16.6 Å². The topological polar surface area (TPSA) is 117 Å². The summed E-state index contributed by atoms with van der Waals surface area (Å²) in [7, 11) is 0. The lowest BCUT2D eigenvalue weighted by Gasteiger charge is -2.18. The highest BCUT2D eigenvalue weighted by Gasteiger charge is 2.15. The lowest BCUT2D eigenvalue weighted by molar-refractivity contribution is -0.385. The van der Waals surface area contributed by atoms with Crippen LogP contribution in [-0.4, -0.2) is 22.8 Å². The first-order valence-electron chi connectivity index (χ1n) is 5.77. The molecule has 0 bridgehead atoms. The summed E-state index contributed by atoms with van der Waals surface area (Å²) in [6, 6.07) is 2.16. The number of benzene rings is 1. The average molecular weight is 359 g/mol. The number of hydrazone groups is 1. The number of non-ortho nitro benzene ring substituents is 1. The molecule has 0 aliphatic carbocycles. The van der Waals surface area contributed by atoms with Crippen LogP contribution in [0.5, 0.6) is 5.75 Å². The van der Waals surface area contributed by atoms with Gasteiger partial charge in [-0.05, 0) is 26.3 Å². The predicted molar refractivity (Wildman–Crippen MR) is 77.2 cm³/mol. The van der Waals surface area contributed by atoms with Gasteiger partial charge in [0.15, 0.2) is 0 Å². The molecule has 0 saturated heterocycles. The van der Waals surface area contributed by atoms with Crippen molar-refractivity contribution in [1.29, 1.82) is 0 Å². The fourth-order valence-electron chi connectivity index (χ4n) is 1.26. The van der Waals surface area contributed by atoms with Crippen LogP contribution in [0.1, 0.15) is 26.3 Å². The first kappa shape index (κ1) is 16.9. The molecule has 0 fully saturated rings. The zero-order valence-electron chi connectivity index (χ0n) is 11.5. The van der Waals surface area contributed by atoms with Crippen molar-refractivity contribution in [2.45, 2.75) is 26.4 Å². The highest BCUT2D eigenvalue weighted by atomic mass is 79.9. The largest absolute Gasteiger partial charge is 0.871 e. The van der Waals surface area contributed by atoms with Crippen molar-refractivity contribution in [1.82, 2.24) is 5.43 Å². The molecular weight excluding hydrogens is 346 g/mol. The van der Waals surface area contributed by atoms with Gasteiger partial charge in [0.05, 0.1) is 11.1 Å². The molecule has 0 atom stereocenters. The zero-order chi connectivity index (χ0) is 16.2. The Hall–Kier alpha value is -2.16. The molecule has 0 aliphatic heterocycles. The second kappa shape index (κ2) is 6.53. The molecule has 1 aromatic carbocycles. The number of nitro benzene ring substituents is 1. The minimum atomic E-state index is -0.796. The van der Waals surface area contributed by atoms with Gasteiger partial charge in [-0.1, -0.05) is 21.7 Å². The van der Waals surface area contributed by atoms with Crippen LogP contribution in [0.15, 0.2) is 21.7 Å². The molecule has 0 unspecified atom stereocenters. The number of nitrogens with one attached hydrogen (secondary N) is 1. The molecule has 1 aromatic rings. The Morgan fingerprint density at radius 3 is 2.62 bits per heavy atom. The summed E-state index contributed by atoms with van der Waals surface area (Å²) >= 11 is 2.94. The third-order valence-electron chi connectivity index (χ3n) is 2.03. The van der Waals surface area contributed by atoms with Gasteiger partial charge in [0.2, 0.25) is 0 Å². The average Bonchev–Trinajstić information content (AvgIpc) is 2.31. The maximum Gasteiger partial charge on any atom is 0.428 e. The van der Waals surface area contributed by atoms with Gasteiger partial charge in [0.1, 0.15) is 5.60 Å². The van der Waals surface area contributed by atoms with Gasteiger partial charge in [-0.2, -0.15) is 5.10 Å². The zero-order valence-corrected chi connectivity index (χ0v) is 13.1. The lowest BCUT2D eigenvalue weighted by atomic mass is 10.2. The number of carbonyl (C=O) groups excluding carboxylic acids is 1. The van der Waals surface area contributed by atoms with Gasteiger partial charge in [-0.3, -0.25) is 10.1 Å². The van der Waals surface area contributed by atoms with E-state index in [0.717, 1.165) is 18.3 Å². The molecule has 21 heavy (non-hydrogen) atoms. The maximum absolute atomic E-state index is 11.7. The van der Waals surface area contributed by atoms with E-state index in [1.165, 1.54) is 0 Å². The molecule has 0 saturated carbocycles. The van der Waals surface area contributed by atoms with E-state index in [9.17, 15) is 20.0 Å². The van der Waals surface area contributed by atoms with Crippen LogP contribution in [0.3, 0.4) is 0 Å². The molecule has 9 heteroatoms. The highest BCUT2D eigenvalue weighted by Crippen LogP contribution is 2.29. The SMILES string of the molecule is CC(C)(C)OC(=O)N/N=C/c1cc([N+](=O)[O-])cc(Br)c1[O-]. The first-order chi connectivity index (χ1) is 9.60. The van der Waals surface area contributed by atoms with E-state index in [0.29, 0.717) is 0 Å². The summed E-state index contributed by atoms with van der Waals surface area (Å²) in [6.07, 6.45) is 0.222. The van der Waals surface area contributed by atoms with E-state index in [2.05, 4.69) is 26.5 Å². The number of ether oxygens (including phenoxy) is 1. The second-order valence-electron chi connectivity index (χ2n) is 4.97. The Morgan fingerprint density at radius 2 is 2.10 bits per heavy atom. The fourth-order valence-corrected chi connectivity index (χ4v) is 1.72. The van der Waals surface area contributed by atoms with Crippen LogP contribution in [0, 0.1) is 10.1 Å². The Bertz CT molecular complexity index is 595. The van der Waals surface area contributed by atoms with Crippen molar-refractivity contribution in [2.24, 2.45) is 5.10 Å². The number of rotatable bonds is 3. The van der Waals surface area contributed by atoms with E-state index in [4.69, 9.17) is 4.74 Å². The van der Waals surface area contributed by atoms with Crippen molar-refractivity contribution < 1.29 is 19.6 Å². The number of carbonyl (C=O) groups is 1. The lowest BCUT2D eigenvalue weighted by Crippen LogP contribution is -2.29. The van der Waals surface area contributed by atoms with Crippen LogP contribution in [-0.2, 0) is 4.74 Å². The van der Waals surface area contributed by atoms with Crippen LogP contribution < -0.4 is 10.5 Å². The molecule has 1 amide bonds. The standard InChI is InChI=1S/C12H14BrN3O5/c1-12(2,3)21-11(18)15-14-6-7-4-8(16(19)20)5-9(13)10(7)17/h4-6,17H,1-3H3,(H,15,18)/p-1/b14-6+. The Morgan fingerprint density at radius 1 is 1.48 bits per heavy atom. The minimum Gasteiger partial charge on any atom is -0.871 e. The number of hydrogen-bond donors (Lipinski definition) is 1. The summed E-state index contributed by atoms with van der Waals surface area (Å²) in [5, 5.41) is 26.0. The molecule has 0 aromatic heterocycles. The van der Waals surface area contributed by atoms with Crippen molar-refractivity contribution in [2.75, 3.05) is 0 Å². The quantitative estimate of drug-likeness (QED) is 0.505. The fraction of sp³-hybridized carbons (Fsp3) is 0.333. The number of hydrogen-bond acceptors (Lipinski definition) is 6. The molecule has 0 spiro atoms. The highest BCUT2D eigenvalue weighted by molar-refractivity contribution is 9.10. The normalized spacial score (nSPS) is 11.4. The summed E-state index contributed by atoms with van der Waals surface area (Å²) < 4.78 is 4.97. The van der Waals surface area contributed by atoms with Gasteiger partial charge < -0.3 is 9.84 Å². The molecule has 1 rings (SSSR count). The van der Waals surface area contributed by atoms with E-state index >= 15 is 0 Å². The van der Waals surface area contributed by atoms with Crippen LogP contribution in [0.25, 0.3) is 0 Å². The van der Waals surface area contributed by atoms with Crippen molar-refractivity contribution in [3.05, 3.63) is 32.3 Å². The maximum atomic E-state index is 11.7. The van der Waals surface area contributed by atoms with Gasteiger partial charge in [-0.15, -0.1) is 0 Å². The summed E-state index contributed by atoms with van der Waals surface area (Å²) in [5.41, 5.74) is 1.09. The summed E-state index contributed by atoms with van der Waals surface area (Å²) in [6.45, 7) is 5.05. The third kappa shape index (κ3) is 5.38. The second-order valence-corrected chi connectivity index (χ2v) is 5.83. The van der Waals surface area contributed by atoms with E-state index < -0.39 is 22.4 Å². The number of nitro groups is 1. The summed E-state index contributed by atoms with van der Waals surface area (Å²) in [5.74, 6) is -0.477. The molecule has 114 valence electrons. The third-order valence-corrected chi connectivity index (χ3v) is 2.62. The Kier molecular flexibility index (Phi) is 5.25. The van der Waals surface area contributed by atoms with Crippen LogP contribution in [0.2, 0.25) is 0 Å². The van der Waals surface area contributed by atoms with Crippen LogP contribution in [0.4, 0.5) is 10.5 Å². The molecule has 0 radical (unpaired) electrons. The monoisotopic (exact) mass is 358 g/mol. The Labute approximate surface area is 129 Å². The van der Waals surface area contributed by atoms with Crippen molar-refractivity contribution in [3.8, 4) is 5.75 Å². The smallest absolute Gasteiger partial charge is 0.428 e. The van der Waals surface area contributed by atoms with Crippen molar-refractivity contribution >= 4 is 33.9 Å². The van der Waals surface area contributed by atoms with E-state index in [-0.39, 0.29) is 15.7 Å². The van der Waals surface area contributed by atoms with Gasteiger partial charge in [-0.25, -0.2) is 10.2 Å². The molecule has 1 N–H and O–H groups in total. The van der Waals surface area contributed by atoms with E-state index in [1.54, 1.807) is 20.8 Å². The van der Waals surface area contributed by atoms with Crippen molar-refractivity contribution in [3.63, 3.8) is 0 Å². The first-order valence-corrected chi connectivity index (χ1v) is 6.56. The Balaban J connectivity index is 2.85. The number of halogens is 1. The summed E-state index contributed by atoms with van der Waals surface area (Å²) in [4.78, 5) is 21.4. The van der Waals surface area contributed by atoms with Gasteiger partial charge >= 0.3 is 6.09 Å². The number of amides is 1. The minimum absolute atomic E-state index is 0.0351. The molecule has 8 nitrogen and oxygen atoms in total. The molecule has 0 heterocycles. The number of nitrogens with zero attached hydrogens (tertiary/aromatic N) is 2. The van der Waals surface area contributed by atoms with Gasteiger partial charge in [0.25, 0.3) is 5.69 Å². The molecular formula is C12H13BrN3O5-. The van der Waals surface area contributed by atoms with E-state index in [1.807, 2.05) is 0 Å². The van der Waals surface area contributed by atoms with Crippen LogP contribution >= 0.6 is 15.9 Å². The predicted octanol–water partition coefficient (Wildman–Crippen LogP) is 2.29.